The molecule has 0 aliphatic rings. The second-order valence-electron chi connectivity index (χ2n) is 5.10. The van der Waals surface area contributed by atoms with Gasteiger partial charge in [0.05, 0.1) is 11.2 Å². The molecule has 1 heterocycles. The van der Waals surface area contributed by atoms with Gasteiger partial charge in [0, 0.05) is 4.88 Å². The Kier molecular flexibility index (Phi) is 5.14. The molecular weight excluding hydrogens is 228 g/mol. The minimum atomic E-state index is 0.0223. The molecule has 0 spiro atoms. The van der Waals surface area contributed by atoms with Crippen molar-refractivity contribution in [2.75, 3.05) is 6.54 Å². The van der Waals surface area contributed by atoms with Gasteiger partial charge in [-0.3, -0.25) is 0 Å². The van der Waals surface area contributed by atoms with Gasteiger partial charge in [-0.1, -0.05) is 27.2 Å². The van der Waals surface area contributed by atoms with E-state index in [1.165, 1.54) is 22.0 Å². The minimum Gasteiger partial charge on any atom is -0.305 e. The molecule has 1 rings (SSSR count). The maximum atomic E-state index is 4.76. The van der Waals surface area contributed by atoms with Gasteiger partial charge in [-0.05, 0) is 39.7 Å². The highest BCUT2D eigenvalue weighted by molar-refractivity contribution is 7.11. The Labute approximate surface area is 110 Å². The fourth-order valence-electron chi connectivity index (χ4n) is 1.95. The normalized spacial score (nSPS) is 16.8. The summed E-state index contributed by atoms with van der Waals surface area (Å²) in [5, 5.41) is 4.95. The molecule has 3 heteroatoms. The molecule has 0 aromatic carbocycles. The fourth-order valence-corrected chi connectivity index (χ4v) is 3.10. The van der Waals surface area contributed by atoms with Gasteiger partial charge >= 0.3 is 0 Å². The van der Waals surface area contributed by atoms with Gasteiger partial charge in [-0.15, -0.1) is 11.3 Å². The van der Waals surface area contributed by atoms with Crippen molar-refractivity contribution in [3.8, 4) is 0 Å². The first-order valence-corrected chi connectivity index (χ1v) is 7.46. The predicted molar refractivity (Wildman–Crippen MR) is 76.7 cm³/mol. The van der Waals surface area contributed by atoms with Gasteiger partial charge in [-0.25, -0.2) is 4.98 Å². The number of nitrogens with one attached hydrogen (secondary N) is 1. The summed E-state index contributed by atoms with van der Waals surface area (Å²) >= 11 is 1.84. The van der Waals surface area contributed by atoms with Gasteiger partial charge in [0.25, 0.3) is 0 Å². The van der Waals surface area contributed by atoms with Crippen LogP contribution in [0, 0.1) is 19.8 Å². The van der Waals surface area contributed by atoms with E-state index in [9.17, 15) is 0 Å². The molecule has 2 nitrogen and oxygen atoms in total. The SMILES string of the molecule is CCCNC(C)(c1nc(C)c(C)s1)C(C)CC. The molecule has 0 bridgehead atoms. The lowest BCUT2D eigenvalue weighted by molar-refractivity contribution is 0.241. The largest absolute Gasteiger partial charge is 0.305 e. The molecular formula is C14H26N2S. The Morgan fingerprint density at radius 2 is 2.00 bits per heavy atom. The highest BCUT2D eigenvalue weighted by Gasteiger charge is 2.34. The van der Waals surface area contributed by atoms with Crippen LogP contribution in [0.15, 0.2) is 0 Å². The van der Waals surface area contributed by atoms with E-state index < -0.39 is 0 Å². The Morgan fingerprint density at radius 1 is 1.35 bits per heavy atom. The third kappa shape index (κ3) is 3.08. The van der Waals surface area contributed by atoms with Gasteiger partial charge in [-0.2, -0.15) is 0 Å². The summed E-state index contributed by atoms with van der Waals surface area (Å²) in [5.74, 6) is 0.596. The Bertz CT molecular complexity index is 340. The minimum absolute atomic E-state index is 0.0223. The van der Waals surface area contributed by atoms with Crippen LogP contribution in [0.3, 0.4) is 0 Å². The molecule has 0 fully saturated rings. The molecule has 17 heavy (non-hydrogen) atoms. The lowest BCUT2D eigenvalue weighted by Gasteiger charge is -2.34. The van der Waals surface area contributed by atoms with Crippen molar-refractivity contribution in [2.45, 2.75) is 59.9 Å². The van der Waals surface area contributed by atoms with Gasteiger partial charge in [0.15, 0.2) is 0 Å². The molecule has 0 amide bonds. The van der Waals surface area contributed by atoms with Crippen LogP contribution < -0.4 is 5.32 Å². The van der Waals surface area contributed by atoms with E-state index in [0.29, 0.717) is 5.92 Å². The molecule has 0 saturated carbocycles. The number of rotatable bonds is 6. The summed E-state index contributed by atoms with van der Waals surface area (Å²) in [6, 6.07) is 0. The summed E-state index contributed by atoms with van der Waals surface area (Å²) < 4.78 is 0. The monoisotopic (exact) mass is 254 g/mol. The van der Waals surface area contributed by atoms with Crippen LogP contribution in [-0.4, -0.2) is 11.5 Å². The molecule has 0 aliphatic carbocycles. The number of aromatic nitrogens is 1. The fraction of sp³-hybridized carbons (Fsp3) is 0.786. The summed E-state index contributed by atoms with van der Waals surface area (Å²) in [4.78, 5) is 6.10. The standard InChI is InChI=1S/C14H26N2S/c1-7-9-15-14(6,10(3)8-2)13-16-11(4)12(5)17-13/h10,15H,7-9H2,1-6H3. The first-order valence-electron chi connectivity index (χ1n) is 6.65. The number of hydrogen-bond acceptors (Lipinski definition) is 3. The predicted octanol–water partition coefficient (Wildman–Crippen LogP) is 4.02. The smallest absolute Gasteiger partial charge is 0.113 e. The van der Waals surface area contributed by atoms with Crippen molar-refractivity contribution in [1.29, 1.82) is 0 Å². The quantitative estimate of drug-likeness (QED) is 0.829. The zero-order chi connectivity index (χ0) is 13.1. The highest BCUT2D eigenvalue weighted by Crippen LogP contribution is 2.35. The van der Waals surface area contributed by atoms with Crippen LogP contribution in [-0.2, 0) is 5.54 Å². The molecule has 2 unspecified atom stereocenters. The Balaban J connectivity index is 3.04. The second kappa shape index (κ2) is 5.96. The summed E-state index contributed by atoms with van der Waals surface area (Å²) in [5.41, 5.74) is 1.20. The van der Waals surface area contributed by atoms with E-state index in [1.54, 1.807) is 0 Å². The van der Waals surface area contributed by atoms with E-state index in [-0.39, 0.29) is 5.54 Å². The van der Waals surface area contributed by atoms with Gasteiger partial charge in [0.1, 0.15) is 5.01 Å². The number of thiazole rings is 1. The van der Waals surface area contributed by atoms with Crippen LogP contribution in [0.4, 0.5) is 0 Å². The summed E-state index contributed by atoms with van der Waals surface area (Å²) in [6.07, 6.45) is 2.33. The van der Waals surface area contributed by atoms with Crippen LogP contribution in [0.1, 0.15) is 56.1 Å². The van der Waals surface area contributed by atoms with Crippen LogP contribution >= 0.6 is 11.3 Å². The average molecular weight is 254 g/mol. The summed E-state index contributed by atoms with van der Waals surface area (Å²) in [6.45, 7) is 14.4. The molecule has 0 radical (unpaired) electrons. The maximum Gasteiger partial charge on any atom is 0.113 e. The van der Waals surface area contributed by atoms with Crippen molar-refractivity contribution in [3.05, 3.63) is 15.6 Å². The van der Waals surface area contributed by atoms with Gasteiger partial charge < -0.3 is 5.32 Å². The van der Waals surface area contributed by atoms with E-state index in [2.05, 4.69) is 46.9 Å². The molecule has 1 N–H and O–H groups in total. The summed E-state index contributed by atoms with van der Waals surface area (Å²) in [7, 11) is 0. The van der Waals surface area contributed by atoms with Crippen molar-refractivity contribution in [2.24, 2.45) is 5.92 Å². The lowest BCUT2D eigenvalue weighted by atomic mass is 9.85. The van der Waals surface area contributed by atoms with E-state index in [0.717, 1.165) is 13.0 Å². The Hall–Kier alpha value is -0.410. The van der Waals surface area contributed by atoms with Crippen molar-refractivity contribution in [1.82, 2.24) is 10.3 Å². The van der Waals surface area contributed by atoms with Crippen LogP contribution in [0.25, 0.3) is 0 Å². The third-order valence-electron chi connectivity index (χ3n) is 3.81. The first-order chi connectivity index (χ1) is 7.95. The third-order valence-corrected chi connectivity index (χ3v) is 5.12. The first kappa shape index (κ1) is 14.7. The molecule has 0 aliphatic heterocycles. The van der Waals surface area contributed by atoms with E-state index >= 15 is 0 Å². The zero-order valence-electron chi connectivity index (χ0n) is 12.1. The Morgan fingerprint density at radius 3 is 2.41 bits per heavy atom. The number of aryl methyl sites for hydroxylation is 2. The maximum absolute atomic E-state index is 4.76. The van der Waals surface area contributed by atoms with Crippen molar-refractivity contribution >= 4 is 11.3 Å². The number of nitrogens with zero attached hydrogens (tertiary/aromatic N) is 1. The molecule has 2 atom stereocenters. The van der Waals surface area contributed by atoms with Crippen molar-refractivity contribution < 1.29 is 0 Å². The molecule has 0 saturated heterocycles. The van der Waals surface area contributed by atoms with Crippen molar-refractivity contribution in [3.63, 3.8) is 0 Å². The van der Waals surface area contributed by atoms with Crippen LogP contribution in [0.2, 0.25) is 0 Å². The average Bonchev–Trinajstić information content (AvgIpc) is 2.66. The second-order valence-corrected chi connectivity index (χ2v) is 6.30. The highest BCUT2D eigenvalue weighted by atomic mass is 32.1. The van der Waals surface area contributed by atoms with Gasteiger partial charge in [0.2, 0.25) is 0 Å². The lowest BCUT2D eigenvalue weighted by Crippen LogP contribution is -2.45. The number of hydrogen-bond donors (Lipinski definition) is 1. The molecule has 1 aromatic rings. The molecule has 98 valence electrons. The van der Waals surface area contributed by atoms with E-state index in [1.807, 2.05) is 11.3 Å². The topological polar surface area (TPSA) is 24.9 Å². The molecule has 1 aromatic heterocycles. The van der Waals surface area contributed by atoms with E-state index in [4.69, 9.17) is 4.98 Å². The zero-order valence-corrected chi connectivity index (χ0v) is 12.9. The van der Waals surface area contributed by atoms with Crippen LogP contribution in [0.5, 0.6) is 0 Å².